The van der Waals surface area contributed by atoms with Gasteiger partial charge in [-0.2, -0.15) is 0 Å². The van der Waals surface area contributed by atoms with Gasteiger partial charge in [-0.05, 0) is 169 Å². The van der Waals surface area contributed by atoms with Gasteiger partial charge in [-0.25, -0.2) is 9.59 Å². The van der Waals surface area contributed by atoms with Crippen molar-refractivity contribution in [1.82, 2.24) is 0 Å². The van der Waals surface area contributed by atoms with Crippen LogP contribution in [0.3, 0.4) is 0 Å². The van der Waals surface area contributed by atoms with Crippen molar-refractivity contribution in [2.75, 3.05) is 77.8 Å². The number of carbonyl (C=O) groups excluding carboxylic acids is 8. The molecule has 478 valence electrons. The first-order chi connectivity index (χ1) is 38.4. The normalized spacial score (nSPS) is 27.0. The molecule has 20 nitrogen and oxygen atoms in total. The molecular weight excluding hydrogens is 1800 g/mol. The molecule has 0 amide bonds. The minimum atomic E-state index is -1.03. The molecule has 0 aromatic heterocycles. The summed E-state index contributed by atoms with van der Waals surface area (Å²) in [4.78, 5) is 94.4. The zero-order valence-corrected chi connectivity index (χ0v) is 63.1. The number of alkyl halides is 2. The third-order valence-electron chi connectivity index (χ3n) is 14.4. The summed E-state index contributed by atoms with van der Waals surface area (Å²) in [5.41, 5.74) is -2.19. The van der Waals surface area contributed by atoms with Gasteiger partial charge < -0.3 is 57.6 Å². The zero-order chi connectivity index (χ0) is 62.2. The van der Waals surface area contributed by atoms with Crippen LogP contribution in [0, 0.1) is 57.2 Å². The number of halogens is 8. The van der Waals surface area contributed by atoms with Gasteiger partial charge in [0.05, 0.1) is 61.3 Å². The maximum absolute atomic E-state index is 13.4. The molecular formula is C54H86Cl2I6O20. The van der Waals surface area contributed by atoms with Crippen molar-refractivity contribution in [2.45, 2.75) is 158 Å². The summed E-state index contributed by atoms with van der Waals surface area (Å²) >= 11 is 20.6. The summed E-state index contributed by atoms with van der Waals surface area (Å²) in [7, 11) is -0.628. The van der Waals surface area contributed by atoms with Crippen molar-refractivity contribution in [3.05, 3.63) is 0 Å². The van der Waals surface area contributed by atoms with E-state index in [1.165, 1.54) is 0 Å². The van der Waals surface area contributed by atoms with Gasteiger partial charge in [-0.15, -0.1) is 23.2 Å². The van der Waals surface area contributed by atoms with Gasteiger partial charge in [0.25, 0.3) is 0 Å². The van der Waals surface area contributed by atoms with E-state index in [-0.39, 0.29) is 145 Å². The molecule has 0 saturated heterocycles. The van der Waals surface area contributed by atoms with Gasteiger partial charge in [0, 0.05) is 0 Å². The molecule has 0 radical (unpaired) electrons. The van der Waals surface area contributed by atoms with Gasteiger partial charge in [0.1, 0.15) is 62.6 Å². The minimum absolute atomic E-state index is 0.0478. The molecule has 0 heterocycles. The summed E-state index contributed by atoms with van der Waals surface area (Å²) in [5, 5.41) is 18.3. The first kappa shape index (κ1) is 78.7. The average Bonchev–Trinajstić information content (AvgIpc) is 2.07. The third kappa shape index (κ3) is 26.9. The first-order valence-electron chi connectivity index (χ1n) is 27.4. The quantitative estimate of drug-likeness (QED) is 0.0416. The van der Waals surface area contributed by atoms with Crippen molar-refractivity contribution in [3.63, 3.8) is 0 Å². The molecule has 6 unspecified atom stereocenters. The third-order valence-corrected chi connectivity index (χ3v) is 180. The van der Waals surface area contributed by atoms with Crippen LogP contribution in [-0.4, -0.2) is 160 Å². The van der Waals surface area contributed by atoms with E-state index in [9.17, 15) is 43.5 Å². The number of aliphatic hydroxyl groups excluding tert-OH is 2. The fraction of sp³-hybridized carbons (Fsp3) is 0.852. The molecule has 8 saturated carbocycles. The van der Waals surface area contributed by atoms with Crippen LogP contribution in [0.2, 0.25) is 0 Å². The molecule has 0 aromatic carbocycles. The Morgan fingerprint density at radius 1 is 0.524 bits per heavy atom. The predicted octanol–water partition coefficient (Wildman–Crippen LogP) is 11.4. The SMILES string of the molecule is CC(C)(C)C(=O)OC1C2CC3CC1CC(C(=O)OCC(O)CO)(C3)C2.CCOC(=O)CCl.CCOC(=O)CCl.CCOC(=O)COCC(COC(=O)C12CC3CC(C1)C(OC(=O)C(C)(C)C)C(C3)C2)OCC(=O)OCC.II(I)I(I)I. The van der Waals surface area contributed by atoms with Gasteiger partial charge >= 0.3 is 138 Å². The van der Waals surface area contributed by atoms with Crippen LogP contribution in [0.15, 0.2) is 0 Å². The Kier molecular flexibility index (Phi) is 37.4. The molecule has 28 heteroatoms. The molecule has 0 aliphatic heterocycles. The standard InChI is InChI=1S/C27H42O10.C19H30O6.2C4H7ClO2.I6/c1-6-33-21(28)15-32-13-20(35-16-22(29)34-7-2)14-36-25(31)27-10-17-8-18(11-27)23(19(9-17)12-27)37-24(30)26(3,4)5;1-18(2,3)16(22)25-15-12-4-11-5-13(15)8-19(6-11,7-12)17(23)24-10-14(21)9-20;2*1-2-7-4(6)3-5;1-5(2)6(3)4/h17-20,23H,6-16H2,1-5H3;11-15,20-21H,4-10H2,1-3H3;2*2-3H2,1H3;. The molecule has 8 aliphatic carbocycles. The number of rotatable bonds is 23. The Bertz CT molecular complexity index is 1990. The van der Waals surface area contributed by atoms with E-state index in [1.807, 2.05) is 41.5 Å². The second kappa shape index (κ2) is 39.0. The summed E-state index contributed by atoms with van der Waals surface area (Å²) in [6, 6.07) is 0. The number of hydrogen-bond acceptors (Lipinski definition) is 20. The van der Waals surface area contributed by atoms with Crippen LogP contribution >= 0.6 is 113 Å². The molecule has 0 aromatic rings. The second-order valence-corrected chi connectivity index (χ2v) is 121. The number of esters is 8. The number of carbonyl (C=O) groups is 8. The fourth-order valence-corrected chi connectivity index (χ4v) is 11.7. The van der Waals surface area contributed by atoms with Crippen molar-refractivity contribution in [2.24, 2.45) is 57.2 Å². The Hall–Kier alpha value is 0.560. The Balaban J connectivity index is 0.000000433. The Morgan fingerprint density at radius 3 is 1.17 bits per heavy atom. The van der Waals surface area contributed by atoms with Crippen molar-refractivity contribution < 1.29 is 95.9 Å². The van der Waals surface area contributed by atoms with Crippen LogP contribution in [-0.2, 0) is 85.7 Å². The van der Waals surface area contributed by atoms with Crippen molar-refractivity contribution >= 4 is 161 Å². The fourth-order valence-electron chi connectivity index (χ4n) is 11.5. The number of aliphatic hydroxyl groups is 2. The van der Waals surface area contributed by atoms with Crippen molar-refractivity contribution in [3.8, 4) is 0 Å². The predicted molar refractivity (Wildman–Crippen MR) is 358 cm³/mol. The number of hydrogen-bond donors (Lipinski definition) is 2. The van der Waals surface area contributed by atoms with E-state index in [0.717, 1.165) is 38.5 Å². The molecule has 2 N–H and O–H groups in total. The molecule has 8 rings (SSSR count). The van der Waals surface area contributed by atoms with Crippen LogP contribution in [0.25, 0.3) is 0 Å². The van der Waals surface area contributed by atoms with E-state index in [2.05, 4.69) is 83.9 Å². The second-order valence-electron chi connectivity index (χ2n) is 23.0. The molecule has 8 aliphatic rings. The summed E-state index contributed by atoms with van der Waals surface area (Å²) < 4.78 is 52.4. The average molecular weight is 1890 g/mol. The molecule has 8 fully saturated rings. The maximum atomic E-state index is 13.4. The van der Waals surface area contributed by atoms with Crippen LogP contribution < -0.4 is 0 Å². The monoisotopic (exact) mass is 1890 g/mol. The molecule has 0 spiro atoms. The van der Waals surface area contributed by atoms with Gasteiger partial charge in [-0.3, -0.25) is 28.8 Å². The van der Waals surface area contributed by atoms with Gasteiger partial charge in [0.2, 0.25) is 0 Å². The van der Waals surface area contributed by atoms with Crippen molar-refractivity contribution in [1.29, 1.82) is 0 Å². The summed E-state index contributed by atoms with van der Waals surface area (Å²) in [6.07, 6.45) is 6.15. The van der Waals surface area contributed by atoms with Crippen LogP contribution in [0.1, 0.15) is 133 Å². The van der Waals surface area contributed by atoms with E-state index < -0.39 is 52.4 Å². The van der Waals surface area contributed by atoms with E-state index in [4.69, 9.17) is 66.2 Å². The van der Waals surface area contributed by atoms with Gasteiger partial charge in [0.15, 0.2) is 0 Å². The zero-order valence-electron chi connectivity index (χ0n) is 48.6. The van der Waals surface area contributed by atoms with Gasteiger partial charge in [-0.1, -0.05) is 0 Å². The number of ether oxygens (including phenoxy) is 10. The van der Waals surface area contributed by atoms with Crippen LogP contribution in [0.4, 0.5) is 0 Å². The van der Waals surface area contributed by atoms with E-state index in [0.29, 0.717) is 50.7 Å². The summed E-state index contributed by atoms with van der Waals surface area (Å²) in [5.74, 6) is -1.17. The molecule has 6 atom stereocenters. The van der Waals surface area contributed by atoms with E-state index >= 15 is 0 Å². The Morgan fingerprint density at radius 2 is 0.866 bits per heavy atom. The molecule has 82 heavy (non-hydrogen) atoms. The van der Waals surface area contributed by atoms with E-state index in [1.54, 1.807) is 27.7 Å². The van der Waals surface area contributed by atoms with Crippen LogP contribution in [0.5, 0.6) is 0 Å². The topological polar surface area (TPSA) is 269 Å². The molecule has 8 bridgehead atoms. The Labute approximate surface area is 543 Å². The summed E-state index contributed by atoms with van der Waals surface area (Å²) in [6.45, 7) is 17.9. The first-order valence-corrected chi connectivity index (χ1v) is 59.9.